The summed E-state index contributed by atoms with van der Waals surface area (Å²) in [6.07, 6.45) is 63.2. The number of esters is 4. The van der Waals surface area contributed by atoms with Crippen LogP contribution in [0.4, 0.5) is 0 Å². The number of carbonyl (C=O) groups is 4. The monoisotopic (exact) mass is 1420 g/mol. The van der Waals surface area contributed by atoms with Gasteiger partial charge in [-0.1, -0.05) is 335 Å². The number of ether oxygens (including phenoxy) is 4. The summed E-state index contributed by atoms with van der Waals surface area (Å²) in [5.74, 6) is -1.35. The maximum Gasteiger partial charge on any atom is 0.472 e. The molecule has 17 nitrogen and oxygen atoms in total. The van der Waals surface area contributed by atoms with Crippen molar-refractivity contribution in [3.8, 4) is 0 Å². The molecule has 5 atom stereocenters. The molecule has 3 N–H and O–H groups in total. The van der Waals surface area contributed by atoms with Crippen LogP contribution in [0.5, 0.6) is 0 Å². The van der Waals surface area contributed by atoms with E-state index < -0.39 is 97.5 Å². The Morgan fingerprint density at radius 3 is 0.845 bits per heavy atom. The maximum atomic E-state index is 13.1. The normalized spacial score (nSPS) is 14.1. The number of aliphatic hydroxyl groups excluding tert-OH is 1. The Bertz CT molecular complexity index is 1950. The molecule has 0 aliphatic carbocycles. The van der Waals surface area contributed by atoms with E-state index in [4.69, 9.17) is 37.0 Å². The fourth-order valence-electron chi connectivity index (χ4n) is 11.5. The highest BCUT2D eigenvalue weighted by molar-refractivity contribution is 7.47. The van der Waals surface area contributed by atoms with Crippen LogP contribution in [0.15, 0.2) is 24.3 Å². The molecule has 0 aliphatic rings. The van der Waals surface area contributed by atoms with Gasteiger partial charge >= 0.3 is 39.5 Å². The number of rotatable bonds is 76. The van der Waals surface area contributed by atoms with Gasteiger partial charge in [0.25, 0.3) is 0 Å². The fourth-order valence-corrected chi connectivity index (χ4v) is 13.1. The molecule has 0 aromatic heterocycles. The molecule has 0 radical (unpaired) electrons. The molecule has 0 aromatic rings. The molecule has 0 saturated carbocycles. The number of unbranched alkanes of at least 4 members (excludes halogenated alkanes) is 45. The van der Waals surface area contributed by atoms with Crippen molar-refractivity contribution in [1.29, 1.82) is 0 Å². The van der Waals surface area contributed by atoms with Crippen molar-refractivity contribution in [2.24, 2.45) is 5.92 Å². The van der Waals surface area contributed by atoms with Crippen molar-refractivity contribution in [3.05, 3.63) is 24.3 Å². The van der Waals surface area contributed by atoms with E-state index in [2.05, 4.69) is 58.9 Å². The van der Waals surface area contributed by atoms with Crippen LogP contribution in [0.3, 0.4) is 0 Å². The largest absolute Gasteiger partial charge is 0.472 e. The number of phosphoric acid groups is 2. The second-order valence-corrected chi connectivity index (χ2v) is 30.8. The maximum absolute atomic E-state index is 13.1. The number of hydrogen-bond donors (Lipinski definition) is 3. The second-order valence-electron chi connectivity index (χ2n) is 27.9. The van der Waals surface area contributed by atoms with E-state index in [1.807, 2.05) is 0 Å². The molecule has 97 heavy (non-hydrogen) atoms. The Kier molecular flexibility index (Phi) is 68.8. The summed E-state index contributed by atoms with van der Waals surface area (Å²) >= 11 is 0. The molecular weight excluding hydrogens is 1270 g/mol. The lowest BCUT2D eigenvalue weighted by atomic mass is 10.0. The lowest BCUT2D eigenvalue weighted by molar-refractivity contribution is -0.161. The minimum absolute atomic E-state index is 0.0853. The van der Waals surface area contributed by atoms with Gasteiger partial charge in [-0.15, -0.1) is 0 Å². The third-order valence-corrected chi connectivity index (χ3v) is 19.6. The van der Waals surface area contributed by atoms with Gasteiger partial charge in [-0.3, -0.25) is 37.3 Å². The first-order chi connectivity index (χ1) is 47.0. The van der Waals surface area contributed by atoms with E-state index in [0.717, 1.165) is 109 Å². The molecule has 0 heterocycles. The Labute approximate surface area is 592 Å². The van der Waals surface area contributed by atoms with E-state index in [1.54, 1.807) is 0 Å². The minimum Gasteiger partial charge on any atom is -0.462 e. The zero-order valence-corrected chi connectivity index (χ0v) is 64.5. The van der Waals surface area contributed by atoms with Crippen molar-refractivity contribution in [1.82, 2.24) is 0 Å². The number of allylic oxidation sites excluding steroid dienone is 4. The smallest absolute Gasteiger partial charge is 0.462 e. The molecule has 0 aliphatic heterocycles. The highest BCUT2D eigenvalue weighted by Gasteiger charge is 2.30. The van der Waals surface area contributed by atoms with Crippen molar-refractivity contribution in [2.45, 2.75) is 406 Å². The molecule has 0 amide bonds. The third kappa shape index (κ3) is 71.7. The van der Waals surface area contributed by atoms with Crippen molar-refractivity contribution in [3.63, 3.8) is 0 Å². The Hall–Kier alpha value is -2.46. The minimum atomic E-state index is -4.96. The quantitative estimate of drug-likeness (QED) is 0.0169. The highest BCUT2D eigenvalue weighted by atomic mass is 31.2. The molecule has 0 rings (SSSR count). The van der Waals surface area contributed by atoms with Gasteiger partial charge in [0.1, 0.15) is 19.3 Å². The SMILES string of the molecule is CCCCCC/C=C\C=C/CCCCCCCC(=O)O[C@H](COC(=O)CCCCCCCCCCC)COP(=O)(O)OC[C@H](O)COP(=O)(O)OC[C@@H](COC(=O)CCCCCCCCCCCCCCCC(C)C)OC(=O)CCCCCCCCCCCCCCCCCCC. The highest BCUT2D eigenvalue weighted by Crippen LogP contribution is 2.45. The molecule has 0 bridgehead atoms. The fraction of sp³-hybridized carbons (Fsp3) is 0.897. The summed E-state index contributed by atoms with van der Waals surface area (Å²) < 4.78 is 68.5. The Balaban J connectivity index is 5.26. The van der Waals surface area contributed by atoms with E-state index in [-0.39, 0.29) is 25.7 Å². The number of hydrogen-bond acceptors (Lipinski definition) is 15. The molecule has 0 saturated heterocycles. The van der Waals surface area contributed by atoms with Crippen LogP contribution in [0.2, 0.25) is 0 Å². The van der Waals surface area contributed by atoms with Crippen LogP contribution in [-0.2, 0) is 65.4 Å². The Morgan fingerprint density at radius 2 is 0.557 bits per heavy atom. The van der Waals surface area contributed by atoms with E-state index in [1.165, 1.54) is 199 Å². The molecule has 572 valence electrons. The van der Waals surface area contributed by atoms with Gasteiger partial charge < -0.3 is 33.8 Å². The van der Waals surface area contributed by atoms with Crippen LogP contribution < -0.4 is 0 Å². The number of aliphatic hydroxyl groups is 1. The first-order valence-corrected chi connectivity index (χ1v) is 42.9. The summed E-state index contributed by atoms with van der Waals surface area (Å²) in [6.45, 7) is 7.25. The lowest BCUT2D eigenvalue weighted by Crippen LogP contribution is -2.30. The first-order valence-electron chi connectivity index (χ1n) is 40.0. The Morgan fingerprint density at radius 1 is 0.320 bits per heavy atom. The van der Waals surface area contributed by atoms with E-state index in [0.29, 0.717) is 25.7 Å². The van der Waals surface area contributed by atoms with Gasteiger partial charge in [-0.25, -0.2) is 9.13 Å². The van der Waals surface area contributed by atoms with Gasteiger partial charge in [0, 0.05) is 25.7 Å². The second kappa shape index (κ2) is 70.6. The molecule has 19 heteroatoms. The summed E-state index contributed by atoms with van der Waals surface area (Å²) in [5, 5.41) is 10.6. The topological polar surface area (TPSA) is 237 Å². The van der Waals surface area contributed by atoms with Crippen LogP contribution in [0.25, 0.3) is 0 Å². The standard InChI is InChI=1S/C78H148O17P2/c1-6-9-12-15-18-21-23-25-27-28-30-34-39-44-49-54-59-64-78(83)95-74(68-89-76(81)62-57-52-47-42-37-35-31-32-36-41-45-50-55-60-71(4)5)70-93-97(86,87)91-66-72(79)65-90-96(84,85)92-69-73(67-88-75(80)61-56-51-46-40-20-17-14-11-8-3)94-77(82)63-58-53-48-43-38-33-29-26-24-22-19-16-13-10-7-2/h22,24,26,29,71-74,79H,6-21,23,25,27-28,30-70H2,1-5H3,(H,84,85)(H,86,87)/b24-22-,29-26-/t72-,73+,74+/m0/s1. The molecule has 0 spiro atoms. The van der Waals surface area contributed by atoms with E-state index in [9.17, 15) is 43.2 Å². The average molecular weight is 1420 g/mol. The average Bonchev–Trinajstić information content (AvgIpc) is 1.32. The summed E-state index contributed by atoms with van der Waals surface area (Å²) in [4.78, 5) is 72.8. The zero-order valence-electron chi connectivity index (χ0n) is 62.7. The number of phosphoric ester groups is 2. The lowest BCUT2D eigenvalue weighted by Gasteiger charge is -2.21. The predicted molar refractivity (Wildman–Crippen MR) is 395 cm³/mol. The van der Waals surface area contributed by atoms with Crippen LogP contribution in [-0.4, -0.2) is 96.7 Å². The van der Waals surface area contributed by atoms with Crippen LogP contribution >= 0.6 is 15.6 Å². The van der Waals surface area contributed by atoms with Crippen molar-refractivity contribution < 1.29 is 80.2 Å². The molecule has 0 aromatic carbocycles. The molecular formula is C78H148O17P2. The van der Waals surface area contributed by atoms with Gasteiger partial charge in [0.2, 0.25) is 0 Å². The van der Waals surface area contributed by atoms with Gasteiger partial charge in [0.15, 0.2) is 12.2 Å². The van der Waals surface area contributed by atoms with Gasteiger partial charge in [-0.05, 0) is 57.3 Å². The third-order valence-electron chi connectivity index (χ3n) is 17.7. The first kappa shape index (κ1) is 94.5. The van der Waals surface area contributed by atoms with Crippen molar-refractivity contribution >= 4 is 39.5 Å². The summed E-state index contributed by atoms with van der Waals surface area (Å²) in [7, 11) is -9.92. The molecule has 0 fully saturated rings. The molecule has 2 unspecified atom stereocenters. The van der Waals surface area contributed by atoms with Gasteiger partial charge in [-0.2, -0.15) is 0 Å². The zero-order chi connectivity index (χ0) is 71.2. The van der Waals surface area contributed by atoms with Crippen LogP contribution in [0.1, 0.15) is 388 Å². The summed E-state index contributed by atoms with van der Waals surface area (Å²) in [5.41, 5.74) is 0. The van der Waals surface area contributed by atoms with Gasteiger partial charge in [0.05, 0.1) is 26.4 Å². The number of carbonyl (C=O) groups excluding carboxylic acids is 4. The van der Waals surface area contributed by atoms with E-state index >= 15 is 0 Å². The van der Waals surface area contributed by atoms with Crippen LogP contribution in [0, 0.1) is 5.92 Å². The predicted octanol–water partition coefficient (Wildman–Crippen LogP) is 22.8. The van der Waals surface area contributed by atoms with Crippen molar-refractivity contribution in [2.75, 3.05) is 39.6 Å². The summed E-state index contributed by atoms with van der Waals surface area (Å²) in [6, 6.07) is 0.